The third-order valence-electron chi connectivity index (χ3n) is 8.07. The summed E-state index contributed by atoms with van der Waals surface area (Å²) in [5.74, 6) is -1.54. The van der Waals surface area contributed by atoms with E-state index in [0.29, 0.717) is 62.0 Å². The summed E-state index contributed by atoms with van der Waals surface area (Å²) in [5.41, 5.74) is 2.51. The lowest BCUT2D eigenvalue weighted by Gasteiger charge is -2.32. The molecule has 0 spiro atoms. The summed E-state index contributed by atoms with van der Waals surface area (Å²) in [5, 5.41) is 23.3. The number of furan rings is 1. The van der Waals surface area contributed by atoms with Crippen LogP contribution in [-0.4, -0.2) is 61.5 Å². The zero-order valence-corrected chi connectivity index (χ0v) is 27.5. The Morgan fingerprint density at radius 2 is 1.83 bits per heavy atom. The second kappa shape index (κ2) is 13.6. The molecule has 1 aliphatic rings. The van der Waals surface area contributed by atoms with Crippen LogP contribution in [0.15, 0.2) is 59.0 Å². The molecule has 2 amide bonds. The SMILES string of the molecule is CCc1cc(NC(=O)CC2OC(c3cccc(OC)c3OC)c3cc(Cl)ccc3N(CC(C)(C)CO)C2=O)cc2cc(C(=O)O)oc12. The van der Waals surface area contributed by atoms with Gasteiger partial charge in [-0.15, -0.1) is 0 Å². The normalized spacial score (nSPS) is 16.5. The standard InChI is InChI=1S/C35H37ClN2O9/c1-6-19-12-22(13-20-14-28(34(42)43)47-30(19)20)37-29(40)16-27-33(41)38(17-35(2,3)18-39)25-11-10-21(36)15-24(25)31(46-27)23-8-7-9-26(44-4)32(23)45-5/h7-15,27,31,39H,6,16-18H2,1-5H3,(H,37,40)(H,42,43). The highest BCUT2D eigenvalue weighted by atomic mass is 35.5. The molecule has 0 saturated heterocycles. The Bertz CT molecular complexity index is 1830. The Balaban J connectivity index is 1.56. The maximum absolute atomic E-state index is 14.4. The van der Waals surface area contributed by atoms with Gasteiger partial charge < -0.3 is 39.1 Å². The number of methoxy groups -OCH3 is 2. The van der Waals surface area contributed by atoms with Crippen LogP contribution in [0.5, 0.6) is 11.5 Å². The van der Waals surface area contributed by atoms with Crippen molar-refractivity contribution in [2.24, 2.45) is 5.41 Å². The number of halogens is 1. The number of aliphatic hydroxyl groups excluding tert-OH is 1. The Hall–Kier alpha value is -4.58. The smallest absolute Gasteiger partial charge is 0.371 e. The number of aliphatic hydroxyl groups is 1. The van der Waals surface area contributed by atoms with Gasteiger partial charge in [0.25, 0.3) is 5.91 Å². The van der Waals surface area contributed by atoms with Gasteiger partial charge in [-0.2, -0.15) is 0 Å². The topological polar surface area (TPSA) is 148 Å². The number of aryl methyl sites for hydroxylation is 1. The van der Waals surface area contributed by atoms with Gasteiger partial charge in [0.15, 0.2) is 11.5 Å². The van der Waals surface area contributed by atoms with E-state index in [9.17, 15) is 24.6 Å². The van der Waals surface area contributed by atoms with E-state index in [-0.39, 0.29) is 25.3 Å². The van der Waals surface area contributed by atoms with Gasteiger partial charge in [0.1, 0.15) is 17.8 Å². The number of hydrogen-bond donors (Lipinski definition) is 3. The molecular weight excluding hydrogens is 628 g/mol. The summed E-state index contributed by atoms with van der Waals surface area (Å²) in [6.07, 6.45) is -2.00. The summed E-state index contributed by atoms with van der Waals surface area (Å²) < 4.78 is 23.4. The van der Waals surface area contributed by atoms with Crippen molar-refractivity contribution < 1.29 is 43.2 Å². The lowest BCUT2D eigenvalue weighted by Crippen LogP contribution is -2.46. The van der Waals surface area contributed by atoms with Gasteiger partial charge in [0.2, 0.25) is 11.7 Å². The summed E-state index contributed by atoms with van der Waals surface area (Å²) in [4.78, 5) is 41.0. The quantitative estimate of drug-likeness (QED) is 0.170. The summed E-state index contributed by atoms with van der Waals surface area (Å²) in [6.45, 7) is 5.49. The van der Waals surface area contributed by atoms with Crippen molar-refractivity contribution in [1.29, 1.82) is 0 Å². The molecule has 4 aromatic rings. The molecule has 5 rings (SSSR count). The van der Waals surface area contributed by atoms with E-state index in [1.807, 2.05) is 20.8 Å². The number of amides is 2. The maximum atomic E-state index is 14.4. The van der Waals surface area contributed by atoms with Gasteiger partial charge in [-0.05, 0) is 54.4 Å². The van der Waals surface area contributed by atoms with E-state index in [1.165, 1.54) is 25.2 Å². The second-order valence-electron chi connectivity index (χ2n) is 12.1. The fourth-order valence-corrected chi connectivity index (χ4v) is 5.93. The van der Waals surface area contributed by atoms with Crippen molar-refractivity contribution in [3.05, 3.63) is 82.1 Å². The van der Waals surface area contributed by atoms with Crippen molar-refractivity contribution in [2.45, 2.75) is 45.8 Å². The molecule has 3 N–H and O–H groups in total. The molecule has 3 aromatic carbocycles. The van der Waals surface area contributed by atoms with Crippen LogP contribution in [0, 0.1) is 5.41 Å². The van der Waals surface area contributed by atoms with Gasteiger partial charge >= 0.3 is 5.97 Å². The number of rotatable bonds is 11. The predicted molar refractivity (Wildman–Crippen MR) is 177 cm³/mol. The molecule has 0 bridgehead atoms. The fourth-order valence-electron chi connectivity index (χ4n) is 5.75. The first-order chi connectivity index (χ1) is 22.4. The third-order valence-corrected chi connectivity index (χ3v) is 8.31. The number of fused-ring (bicyclic) bond motifs is 2. The molecule has 12 heteroatoms. The number of nitrogens with zero attached hydrogens (tertiary/aromatic N) is 1. The van der Waals surface area contributed by atoms with Gasteiger partial charge in [-0.1, -0.05) is 44.5 Å². The molecular formula is C35H37ClN2O9. The monoisotopic (exact) mass is 664 g/mol. The average Bonchev–Trinajstić information content (AvgIpc) is 3.45. The van der Waals surface area contributed by atoms with E-state index >= 15 is 0 Å². The van der Waals surface area contributed by atoms with Crippen LogP contribution < -0.4 is 19.7 Å². The van der Waals surface area contributed by atoms with Gasteiger partial charge in [0, 0.05) is 51.5 Å². The predicted octanol–water partition coefficient (Wildman–Crippen LogP) is 6.23. The van der Waals surface area contributed by atoms with Crippen LogP contribution in [-0.2, 0) is 20.7 Å². The van der Waals surface area contributed by atoms with Crippen LogP contribution in [0.1, 0.15) is 60.5 Å². The number of aromatic carboxylic acids is 1. The fraction of sp³-hybridized carbons (Fsp3) is 0.343. The van der Waals surface area contributed by atoms with Crippen LogP contribution >= 0.6 is 11.6 Å². The molecule has 1 aliphatic heterocycles. The van der Waals surface area contributed by atoms with Crippen molar-refractivity contribution in [1.82, 2.24) is 0 Å². The third kappa shape index (κ3) is 6.92. The highest BCUT2D eigenvalue weighted by Gasteiger charge is 2.40. The number of benzene rings is 3. The van der Waals surface area contributed by atoms with Crippen LogP contribution in [0.25, 0.3) is 11.0 Å². The molecule has 248 valence electrons. The lowest BCUT2D eigenvalue weighted by molar-refractivity contribution is -0.136. The van der Waals surface area contributed by atoms with E-state index in [2.05, 4.69) is 5.32 Å². The Kier molecular flexibility index (Phi) is 9.81. The minimum absolute atomic E-state index is 0.128. The number of nitrogens with one attached hydrogen (secondary N) is 1. The number of carbonyl (C=O) groups excluding carboxylic acids is 2. The molecule has 2 heterocycles. The van der Waals surface area contributed by atoms with Crippen molar-refractivity contribution >= 4 is 51.7 Å². The first kappa shape index (κ1) is 33.8. The van der Waals surface area contributed by atoms with E-state index in [0.717, 1.165) is 0 Å². The van der Waals surface area contributed by atoms with Crippen molar-refractivity contribution in [2.75, 3.05) is 37.6 Å². The van der Waals surface area contributed by atoms with E-state index in [1.54, 1.807) is 48.5 Å². The van der Waals surface area contributed by atoms with E-state index < -0.39 is 35.4 Å². The number of ether oxygens (including phenoxy) is 3. The highest BCUT2D eigenvalue weighted by Crippen LogP contribution is 2.45. The van der Waals surface area contributed by atoms with Gasteiger partial charge in [0.05, 0.1) is 20.6 Å². The summed E-state index contributed by atoms with van der Waals surface area (Å²) >= 11 is 6.50. The van der Waals surface area contributed by atoms with Crippen LogP contribution in [0.4, 0.5) is 11.4 Å². The molecule has 0 fully saturated rings. The van der Waals surface area contributed by atoms with E-state index in [4.69, 9.17) is 30.2 Å². The molecule has 11 nitrogen and oxygen atoms in total. The van der Waals surface area contributed by atoms with Gasteiger partial charge in [-0.3, -0.25) is 9.59 Å². The average molecular weight is 665 g/mol. The van der Waals surface area contributed by atoms with Crippen LogP contribution in [0.2, 0.25) is 5.02 Å². The maximum Gasteiger partial charge on any atom is 0.371 e. The first-order valence-electron chi connectivity index (χ1n) is 15.1. The summed E-state index contributed by atoms with van der Waals surface area (Å²) in [6, 6.07) is 15.2. The molecule has 0 radical (unpaired) electrons. The zero-order chi connectivity index (χ0) is 34.0. The minimum atomic E-state index is -1.27. The Labute approximate surface area is 277 Å². The molecule has 2 atom stereocenters. The number of carbonyl (C=O) groups is 3. The number of hydrogen-bond acceptors (Lipinski definition) is 8. The highest BCUT2D eigenvalue weighted by molar-refractivity contribution is 6.30. The second-order valence-corrected chi connectivity index (χ2v) is 12.5. The lowest BCUT2D eigenvalue weighted by atomic mass is 9.92. The molecule has 0 saturated carbocycles. The Morgan fingerprint density at radius 1 is 1.06 bits per heavy atom. The number of carboxylic acids is 1. The largest absolute Gasteiger partial charge is 0.493 e. The minimum Gasteiger partial charge on any atom is -0.493 e. The first-order valence-corrected chi connectivity index (χ1v) is 15.4. The van der Waals surface area contributed by atoms with Crippen LogP contribution in [0.3, 0.4) is 0 Å². The molecule has 2 unspecified atom stereocenters. The number of para-hydroxylation sites is 1. The number of anilines is 2. The molecule has 1 aromatic heterocycles. The zero-order valence-electron chi connectivity index (χ0n) is 26.8. The number of carboxylic acid groups (broad SMARTS) is 1. The molecule has 0 aliphatic carbocycles. The van der Waals surface area contributed by atoms with Crippen molar-refractivity contribution in [3.63, 3.8) is 0 Å². The molecule has 47 heavy (non-hydrogen) atoms. The summed E-state index contributed by atoms with van der Waals surface area (Å²) in [7, 11) is 3.02. The van der Waals surface area contributed by atoms with Gasteiger partial charge in [-0.25, -0.2) is 4.79 Å². The Morgan fingerprint density at radius 3 is 2.49 bits per heavy atom. The van der Waals surface area contributed by atoms with Crippen molar-refractivity contribution in [3.8, 4) is 11.5 Å².